The topological polar surface area (TPSA) is 0 Å². The fourth-order valence-electron chi connectivity index (χ4n) is 0. The van der Waals surface area contributed by atoms with Crippen molar-refractivity contribution in [3.8, 4) is 0 Å². The normalized spacial score (nSPS) is 11.0. The SMILES string of the molecule is C[CH](C)[Sn]([CH3])[CH3]. The van der Waals surface area contributed by atoms with Crippen LogP contribution in [-0.2, 0) is 0 Å². The van der Waals surface area contributed by atoms with Crippen molar-refractivity contribution in [2.24, 2.45) is 0 Å². The van der Waals surface area contributed by atoms with E-state index in [0.29, 0.717) is 0 Å². The predicted octanol–water partition coefficient (Wildman–Crippen LogP) is 2.15. The Balaban J connectivity index is 2.99. The number of rotatable bonds is 1. The fourth-order valence-corrected chi connectivity index (χ4v) is 0. The van der Waals surface area contributed by atoms with Crippen molar-refractivity contribution >= 4 is 19.8 Å². The van der Waals surface area contributed by atoms with Gasteiger partial charge in [0.05, 0.1) is 0 Å². The molecule has 0 aromatic heterocycles. The third-order valence-corrected chi connectivity index (χ3v) is 7.75. The summed E-state index contributed by atoms with van der Waals surface area (Å²) in [5.41, 5.74) is 0. The molecule has 0 aliphatic carbocycles. The van der Waals surface area contributed by atoms with Crippen molar-refractivity contribution in [2.75, 3.05) is 0 Å². The Morgan fingerprint density at radius 2 is 1.33 bits per heavy atom. The van der Waals surface area contributed by atoms with Crippen molar-refractivity contribution < 1.29 is 0 Å². The first-order valence-electron chi connectivity index (χ1n) is 2.44. The molecule has 0 saturated carbocycles. The van der Waals surface area contributed by atoms with Gasteiger partial charge in [-0.3, -0.25) is 0 Å². The minimum absolute atomic E-state index is 0.700. The van der Waals surface area contributed by atoms with Crippen LogP contribution in [0, 0.1) is 0 Å². The molecule has 37 valence electrons. The Morgan fingerprint density at radius 1 is 1.17 bits per heavy atom. The third kappa shape index (κ3) is 3.01. The van der Waals surface area contributed by atoms with E-state index in [-0.39, 0.29) is 0 Å². The van der Waals surface area contributed by atoms with Crippen LogP contribution in [0.15, 0.2) is 0 Å². The summed E-state index contributed by atoms with van der Waals surface area (Å²) in [6.45, 7) is 4.66. The molecule has 1 radical (unpaired) electrons. The van der Waals surface area contributed by atoms with Crippen molar-refractivity contribution in [3.05, 3.63) is 0 Å². The molecule has 0 aliphatic rings. The zero-order chi connectivity index (χ0) is 5.15. The second-order valence-corrected chi connectivity index (χ2v) is 11.7. The van der Waals surface area contributed by atoms with Gasteiger partial charge in [-0.2, -0.15) is 0 Å². The first-order chi connectivity index (χ1) is 2.64. The van der Waals surface area contributed by atoms with Crippen molar-refractivity contribution in [1.82, 2.24) is 0 Å². The van der Waals surface area contributed by atoms with Gasteiger partial charge in [0.25, 0.3) is 0 Å². The van der Waals surface area contributed by atoms with Gasteiger partial charge in [0.2, 0.25) is 0 Å². The molecule has 0 N–H and O–H groups in total. The standard InChI is InChI=1S/C3H7.2CH3.Sn/c1-3-2;;;/h3H,1-2H3;2*1H3;. The molecule has 1 heteroatoms. The van der Waals surface area contributed by atoms with Crippen LogP contribution in [-0.4, -0.2) is 19.8 Å². The summed E-state index contributed by atoms with van der Waals surface area (Å²) >= 11 is -0.700. The molecule has 0 atom stereocenters. The molecule has 0 aliphatic heterocycles. The number of hydrogen-bond donors (Lipinski definition) is 0. The maximum atomic E-state index is 2.44. The summed E-state index contributed by atoms with van der Waals surface area (Å²) in [5, 5.41) is 0. The van der Waals surface area contributed by atoms with Crippen LogP contribution in [0.5, 0.6) is 0 Å². The average Bonchev–Trinajstić information content (AvgIpc) is 1.36. The van der Waals surface area contributed by atoms with Crippen LogP contribution in [0.3, 0.4) is 0 Å². The number of hydrogen-bond acceptors (Lipinski definition) is 0. The van der Waals surface area contributed by atoms with E-state index in [2.05, 4.69) is 23.7 Å². The Bertz CT molecular complexity index is 24.9. The maximum absolute atomic E-state index is 2.44. The molecule has 0 aromatic carbocycles. The van der Waals surface area contributed by atoms with Gasteiger partial charge in [-0.15, -0.1) is 0 Å². The third-order valence-electron chi connectivity index (χ3n) is 1.15. The summed E-state index contributed by atoms with van der Waals surface area (Å²) < 4.78 is 1.05. The molecule has 0 spiro atoms. The molecule has 0 amide bonds. The van der Waals surface area contributed by atoms with E-state index in [1.54, 1.807) is 0 Å². The Hall–Kier alpha value is 0.799. The van der Waals surface area contributed by atoms with E-state index in [1.807, 2.05) is 0 Å². The van der Waals surface area contributed by atoms with Gasteiger partial charge in [0, 0.05) is 0 Å². The van der Waals surface area contributed by atoms with Gasteiger partial charge in [0.1, 0.15) is 0 Å². The molecule has 0 saturated heterocycles. The molecule has 0 fully saturated rings. The Labute approximate surface area is 47.7 Å². The van der Waals surface area contributed by atoms with Gasteiger partial charge in [0.15, 0.2) is 0 Å². The van der Waals surface area contributed by atoms with Crippen LogP contribution in [0.25, 0.3) is 0 Å². The molecular weight excluding hydrogens is 179 g/mol. The first-order valence-corrected chi connectivity index (χ1v) is 9.80. The zero-order valence-electron chi connectivity index (χ0n) is 5.08. The molecule has 0 nitrogen and oxygen atoms in total. The van der Waals surface area contributed by atoms with Crippen LogP contribution >= 0.6 is 0 Å². The fraction of sp³-hybridized carbons (Fsp3) is 1.00. The zero-order valence-corrected chi connectivity index (χ0v) is 7.93. The second kappa shape index (κ2) is 2.89. The molecular formula is C5H13Sn. The predicted molar refractivity (Wildman–Crippen MR) is 32.6 cm³/mol. The van der Waals surface area contributed by atoms with E-state index in [4.69, 9.17) is 0 Å². The first kappa shape index (κ1) is 6.80. The van der Waals surface area contributed by atoms with E-state index in [1.165, 1.54) is 0 Å². The van der Waals surface area contributed by atoms with Gasteiger partial charge in [-0.25, -0.2) is 0 Å². The summed E-state index contributed by atoms with van der Waals surface area (Å²) in [6, 6.07) is 0. The van der Waals surface area contributed by atoms with Crippen LogP contribution in [0.2, 0.25) is 13.8 Å². The quantitative estimate of drug-likeness (QED) is 0.558. The average molecular weight is 192 g/mol. The van der Waals surface area contributed by atoms with Crippen LogP contribution < -0.4 is 0 Å². The molecule has 0 unspecified atom stereocenters. The van der Waals surface area contributed by atoms with Gasteiger partial charge < -0.3 is 0 Å². The van der Waals surface area contributed by atoms with E-state index < -0.39 is 19.8 Å². The summed E-state index contributed by atoms with van der Waals surface area (Å²) in [6.07, 6.45) is 0. The Kier molecular flexibility index (Phi) is 3.27. The van der Waals surface area contributed by atoms with Crippen LogP contribution in [0.4, 0.5) is 0 Å². The summed E-state index contributed by atoms with van der Waals surface area (Å²) in [7, 11) is 0. The van der Waals surface area contributed by atoms with Gasteiger partial charge in [-0.05, 0) is 0 Å². The second-order valence-electron chi connectivity index (χ2n) is 2.23. The molecule has 0 bridgehead atoms. The van der Waals surface area contributed by atoms with Crippen LogP contribution in [0.1, 0.15) is 13.8 Å². The van der Waals surface area contributed by atoms with E-state index >= 15 is 0 Å². The van der Waals surface area contributed by atoms with E-state index in [9.17, 15) is 0 Å². The summed E-state index contributed by atoms with van der Waals surface area (Å²) in [4.78, 5) is 4.87. The molecule has 0 heterocycles. The summed E-state index contributed by atoms with van der Waals surface area (Å²) in [5.74, 6) is 0. The van der Waals surface area contributed by atoms with Crippen molar-refractivity contribution in [2.45, 2.75) is 27.7 Å². The van der Waals surface area contributed by atoms with Gasteiger partial charge >= 0.3 is 47.4 Å². The monoisotopic (exact) mass is 193 g/mol. The van der Waals surface area contributed by atoms with Crippen molar-refractivity contribution in [3.63, 3.8) is 0 Å². The van der Waals surface area contributed by atoms with Crippen molar-refractivity contribution in [1.29, 1.82) is 0 Å². The molecule has 6 heavy (non-hydrogen) atoms. The van der Waals surface area contributed by atoms with Gasteiger partial charge in [-0.1, -0.05) is 0 Å². The molecule has 0 rings (SSSR count). The Morgan fingerprint density at radius 3 is 1.33 bits per heavy atom. The minimum atomic E-state index is -0.700. The van der Waals surface area contributed by atoms with E-state index in [0.717, 1.165) is 3.93 Å². The molecule has 0 aromatic rings.